The number of ether oxygens (including phenoxy) is 2. The fraction of sp³-hybridized carbons (Fsp3) is 0.421. The average Bonchev–Trinajstić information content (AvgIpc) is 3.25. The van der Waals surface area contributed by atoms with Gasteiger partial charge in [-0.25, -0.2) is 8.42 Å². The topological polar surface area (TPSA) is 89.3 Å². The van der Waals surface area contributed by atoms with Crippen molar-refractivity contribution < 1.29 is 27.1 Å². The molecule has 0 N–H and O–H groups in total. The monoisotopic (exact) mass is 408 g/mol. The molecule has 0 saturated carbocycles. The van der Waals surface area contributed by atoms with E-state index < -0.39 is 10.0 Å². The van der Waals surface area contributed by atoms with Crippen molar-refractivity contribution in [3.63, 3.8) is 0 Å². The Morgan fingerprint density at radius 1 is 1.11 bits per heavy atom. The maximum Gasteiger partial charge on any atom is 0.247 e. The van der Waals surface area contributed by atoms with Crippen LogP contribution in [-0.4, -0.2) is 63.9 Å². The van der Waals surface area contributed by atoms with Crippen LogP contribution in [0.4, 0.5) is 0 Å². The third-order valence-corrected chi connectivity index (χ3v) is 6.67. The number of nitrogens with zero attached hydrogens (tertiary/aromatic N) is 2. The number of carbonyl (C=O) groups excluding carboxylic acids is 1. The molecule has 1 saturated heterocycles. The Kier molecular flexibility index (Phi) is 6.25. The number of piperazine rings is 1. The van der Waals surface area contributed by atoms with E-state index >= 15 is 0 Å². The summed E-state index contributed by atoms with van der Waals surface area (Å²) in [6.45, 7) is 1.16. The van der Waals surface area contributed by atoms with Gasteiger partial charge in [-0.15, -0.1) is 0 Å². The standard InChI is InChI=1S/C19H24N2O6S/c1-25-16-5-7-17(26-2)18(14-16)28(23,24)21-11-9-20(10-12-21)19(22)8-6-15-4-3-13-27-15/h3-5,7,13-14H,6,8-12H2,1-2H3. The summed E-state index contributed by atoms with van der Waals surface area (Å²) in [6, 6.07) is 8.29. The van der Waals surface area contributed by atoms with Gasteiger partial charge < -0.3 is 18.8 Å². The van der Waals surface area contributed by atoms with Crippen LogP contribution in [0.5, 0.6) is 11.5 Å². The molecule has 1 aromatic heterocycles. The third kappa shape index (κ3) is 4.31. The minimum Gasteiger partial charge on any atom is -0.497 e. The van der Waals surface area contributed by atoms with Gasteiger partial charge in [0.25, 0.3) is 0 Å². The second-order valence-electron chi connectivity index (χ2n) is 6.38. The molecule has 2 heterocycles. The van der Waals surface area contributed by atoms with E-state index in [1.165, 1.54) is 24.6 Å². The SMILES string of the molecule is COc1ccc(OC)c(S(=O)(=O)N2CCN(C(=O)CCc3ccco3)CC2)c1. The molecule has 1 aliphatic rings. The molecule has 1 amide bonds. The molecule has 9 heteroatoms. The van der Waals surface area contributed by atoms with E-state index in [4.69, 9.17) is 13.9 Å². The van der Waals surface area contributed by atoms with Crippen LogP contribution in [0.25, 0.3) is 0 Å². The Labute approximate surface area is 164 Å². The van der Waals surface area contributed by atoms with Gasteiger partial charge in [0, 0.05) is 45.1 Å². The Morgan fingerprint density at radius 3 is 2.46 bits per heavy atom. The van der Waals surface area contributed by atoms with Gasteiger partial charge in [0.1, 0.15) is 22.2 Å². The number of benzene rings is 1. The van der Waals surface area contributed by atoms with Crippen LogP contribution >= 0.6 is 0 Å². The number of hydrogen-bond acceptors (Lipinski definition) is 6. The molecule has 0 atom stereocenters. The van der Waals surface area contributed by atoms with Gasteiger partial charge in [-0.2, -0.15) is 4.31 Å². The lowest BCUT2D eigenvalue weighted by atomic mass is 10.2. The summed E-state index contributed by atoms with van der Waals surface area (Å²) >= 11 is 0. The molecule has 8 nitrogen and oxygen atoms in total. The fourth-order valence-corrected chi connectivity index (χ4v) is 4.74. The summed E-state index contributed by atoms with van der Waals surface area (Å²) in [6.07, 6.45) is 2.45. The fourth-order valence-electron chi connectivity index (χ4n) is 3.15. The molecule has 2 aromatic rings. The molecule has 0 aliphatic carbocycles. The zero-order valence-corrected chi connectivity index (χ0v) is 16.8. The van der Waals surface area contributed by atoms with Crippen molar-refractivity contribution >= 4 is 15.9 Å². The van der Waals surface area contributed by atoms with E-state index in [0.717, 1.165) is 5.76 Å². The second-order valence-corrected chi connectivity index (χ2v) is 8.29. The van der Waals surface area contributed by atoms with Crippen molar-refractivity contribution in [2.24, 2.45) is 0 Å². The summed E-state index contributed by atoms with van der Waals surface area (Å²) < 4.78 is 43.1. The van der Waals surface area contributed by atoms with E-state index in [9.17, 15) is 13.2 Å². The van der Waals surface area contributed by atoms with E-state index in [0.29, 0.717) is 31.7 Å². The lowest BCUT2D eigenvalue weighted by molar-refractivity contribution is -0.132. The van der Waals surface area contributed by atoms with E-state index in [1.54, 1.807) is 29.4 Å². The first kappa shape index (κ1) is 20.2. The lowest BCUT2D eigenvalue weighted by Crippen LogP contribution is -2.50. The molecular weight excluding hydrogens is 384 g/mol. The van der Waals surface area contributed by atoms with Crippen LogP contribution in [0, 0.1) is 0 Å². The Morgan fingerprint density at radius 2 is 1.86 bits per heavy atom. The van der Waals surface area contributed by atoms with Crippen molar-refractivity contribution in [2.45, 2.75) is 17.7 Å². The number of carbonyl (C=O) groups is 1. The Balaban J connectivity index is 1.64. The zero-order chi connectivity index (χ0) is 20.1. The van der Waals surface area contributed by atoms with Gasteiger partial charge in [-0.1, -0.05) is 0 Å². The molecule has 1 aromatic carbocycles. The van der Waals surface area contributed by atoms with Crippen molar-refractivity contribution in [1.29, 1.82) is 0 Å². The molecule has 0 bridgehead atoms. The van der Waals surface area contributed by atoms with Crippen molar-refractivity contribution in [1.82, 2.24) is 9.21 Å². The summed E-state index contributed by atoms with van der Waals surface area (Å²) in [7, 11) is -0.854. The maximum absolute atomic E-state index is 13.1. The van der Waals surface area contributed by atoms with Gasteiger partial charge in [-0.05, 0) is 24.3 Å². The Bertz CT molecular complexity index is 903. The first-order chi connectivity index (χ1) is 13.5. The molecule has 1 fully saturated rings. The number of sulfonamides is 1. The first-order valence-corrected chi connectivity index (χ1v) is 10.4. The molecule has 3 rings (SSSR count). The van der Waals surface area contributed by atoms with Gasteiger partial charge >= 0.3 is 0 Å². The van der Waals surface area contributed by atoms with Gasteiger partial charge in [0.05, 0.1) is 20.5 Å². The average molecular weight is 408 g/mol. The molecule has 0 unspecified atom stereocenters. The molecule has 0 radical (unpaired) electrons. The van der Waals surface area contributed by atoms with E-state index in [1.807, 2.05) is 6.07 Å². The van der Waals surface area contributed by atoms with Crippen LogP contribution in [0.3, 0.4) is 0 Å². The minimum absolute atomic E-state index is 0.00703. The largest absolute Gasteiger partial charge is 0.497 e. The van der Waals surface area contributed by atoms with Crippen LogP contribution in [0.15, 0.2) is 45.9 Å². The highest BCUT2D eigenvalue weighted by atomic mass is 32.2. The molecule has 152 valence electrons. The Hall–Kier alpha value is -2.52. The van der Waals surface area contributed by atoms with E-state index in [2.05, 4.69) is 0 Å². The number of aryl methyl sites for hydroxylation is 1. The summed E-state index contributed by atoms with van der Waals surface area (Å²) in [5.41, 5.74) is 0. The minimum atomic E-state index is -3.76. The predicted molar refractivity (Wildman–Crippen MR) is 102 cm³/mol. The molecule has 28 heavy (non-hydrogen) atoms. The number of rotatable bonds is 7. The van der Waals surface area contributed by atoms with Gasteiger partial charge in [-0.3, -0.25) is 4.79 Å². The lowest BCUT2D eigenvalue weighted by Gasteiger charge is -2.34. The van der Waals surface area contributed by atoms with Crippen molar-refractivity contribution in [3.05, 3.63) is 42.4 Å². The van der Waals surface area contributed by atoms with Crippen molar-refractivity contribution in [3.8, 4) is 11.5 Å². The summed E-state index contributed by atoms with van der Waals surface area (Å²) in [5.74, 6) is 1.45. The highest BCUT2D eigenvalue weighted by Crippen LogP contribution is 2.31. The highest BCUT2D eigenvalue weighted by molar-refractivity contribution is 7.89. The predicted octanol–water partition coefficient (Wildman–Crippen LogP) is 1.76. The molecular formula is C19H24N2O6S. The third-order valence-electron chi connectivity index (χ3n) is 4.75. The number of hydrogen-bond donors (Lipinski definition) is 0. The van der Waals surface area contributed by atoms with Gasteiger partial charge in [0.15, 0.2) is 0 Å². The number of furan rings is 1. The van der Waals surface area contributed by atoms with Crippen LogP contribution in [0.2, 0.25) is 0 Å². The highest BCUT2D eigenvalue weighted by Gasteiger charge is 2.32. The normalized spacial score (nSPS) is 15.4. The molecule has 0 spiro atoms. The number of methoxy groups -OCH3 is 2. The zero-order valence-electron chi connectivity index (χ0n) is 16.0. The van der Waals surface area contributed by atoms with E-state index in [-0.39, 0.29) is 29.6 Å². The first-order valence-electron chi connectivity index (χ1n) is 8.98. The van der Waals surface area contributed by atoms with Gasteiger partial charge in [0.2, 0.25) is 15.9 Å². The van der Waals surface area contributed by atoms with Crippen molar-refractivity contribution in [2.75, 3.05) is 40.4 Å². The smallest absolute Gasteiger partial charge is 0.247 e. The van der Waals surface area contributed by atoms with Crippen LogP contribution < -0.4 is 9.47 Å². The maximum atomic E-state index is 13.1. The van der Waals surface area contributed by atoms with Crippen LogP contribution in [0.1, 0.15) is 12.2 Å². The quantitative estimate of drug-likeness (QED) is 0.694. The summed E-state index contributed by atoms with van der Waals surface area (Å²) in [4.78, 5) is 14.1. The molecule has 1 aliphatic heterocycles. The summed E-state index contributed by atoms with van der Waals surface area (Å²) in [5, 5.41) is 0. The van der Waals surface area contributed by atoms with Crippen LogP contribution in [-0.2, 0) is 21.2 Å². The number of amides is 1. The second kappa shape index (κ2) is 8.66.